The number of anilines is 1. The predicted molar refractivity (Wildman–Crippen MR) is 120 cm³/mol. The lowest BCUT2D eigenvalue weighted by atomic mass is 10.2. The number of amides is 1. The molecule has 0 atom stereocenters. The zero-order valence-electron chi connectivity index (χ0n) is 15.3. The van der Waals surface area contributed by atoms with E-state index in [2.05, 4.69) is 15.5 Å². The molecule has 0 aliphatic heterocycles. The second-order valence-electron chi connectivity index (χ2n) is 5.62. The van der Waals surface area contributed by atoms with Gasteiger partial charge in [-0.15, -0.1) is 21.5 Å². The first-order valence-corrected chi connectivity index (χ1v) is 11.7. The minimum absolute atomic E-state index is 0.143. The molecule has 0 unspecified atom stereocenters. The van der Waals surface area contributed by atoms with Gasteiger partial charge in [0.05, 0.1) is 23.1 Å². The highest BCUT2D eigenvalue weighted by Crippen LogP contribution is 2.39. The zero-order valence-corrected chi connectivity index (χ0v) is 19.3. The van der Waals surface area contributed by atoms with Gasteiger partial charge in [-0.3, -0.25) is 4.79 Å². The highest BCUT2D eigenvalue weighted by Gasteiger charge is 2.21. The number of carbonyl (C=O) groups is 2. The molecule has 3 aromatic rings. The van der Waals surface area contributed by atoms with E-state index in [0.717, 1.165) is 9.88 Å². The van der Waals surface area contributed by atoms with Gasteiger partial charge in [-0.05, 0) is 32.0 Å². The number of benzene rings is 1. The molecule has 0 bridgehead atoms. The van der Waals surface area contributed by atoms with Gasteiger partial charge in [-0.25, -0.2) is 4.79 Å². The van der Waals surface area contributed by atoms with E-state index >= 15 is 0 Å². The van der Waals surface area contributed by atoms with E-state index in [1.807, 2.05) is 6.92 Å². The number of esters is 1. The highest BCUT2D eigenvalue weighted by atomic mass is 35.5. The van der Waals surface area contributed by atoms with Crippen molar-refractivity contribution in [3.8, 4) is 10.4 Å². The molecule has 0 radical (unpaired) electrons. The number of nitrogens with one attached hydrogen (secondary N) is 1. The first kappa shape index (κ1) is 22.0. The molecule has 1 aromatic carbocycles. The molecular weight excluding hydrogens is 473 g/mol. The maximum absolute atomic E-state index is 12.4. The maximum Gasteiger partial charge on any atom is 0.350 e. The quantitative estimate of drug-likeness (QED) is 0.335. The predicted octanol–water partition coefficient (Wildman–Crippen LogP) is 5.79. The Hall–Kier alpha value is -1.65. The van der Waals surface area contributed by atoms with Gasteiger partial charge in [0.1, 0.15) is 9.88 Å². The average Bonchev–Trinajstić information content (AvgIpc) is 3.26. The Morgan fingerprint density at radius 1 is 1.21 bits per heavy atom. The van der Waals surface area contributed by atoms with Crippen LogP contribution in [0.2, 0.25) is 10.0 Å². The fourth-order valence-corrected chi connectivity index (χ4v) is 5.53. The van der Waals surface area contributed by atoms with Crippen LogP contribution in [0.1, 0.15) is 21.6 Å². The van der Waals surface area contributed by atoms with Crippen molar-refractivity contribution in [3.63, 3.8) is 0 Å². The van der Waals surface area contributed by atoms with Gasteiger partial charge in [0.25, 0.3) is 0 Å². The number of thiophene rings is 1. The van der Waals surface area contributed by atoms with E-state index in [0.29, 0.717) is 30.5 Å². The summed E-state index contributed by atoms with van der Waals surface area (Å²) in [7, 11) is 0. The molecule has 2 aromatic heterocycles. The van der Waals surface area contributed by atoms with Crippen LogP contribution < -0.4 is 5.32 Å². The first-order valence-electron chi connectivity index (χ1n) is 8.36. The van der Waals surface area contributed by atoms with Crippen molar-refractivity contribution in [2.75, 3.05) is 17.7 Å². The van der Waals surface area contributed by atoms with Crippen molar-refractivity contribution in [1.82, 2.24) is 10.2 Å². The molecule has 152 valence electrons. The van der Waals surface area contributed by atoms with E-state index in [-0.39, 0.29) is 18.3 Å². The zero-order chi connectivity index (χ0) is 21.0. The average molecular weight is 488 g/mol. The van der Waals surface area contributed by atoms with Crippen LogP contribution in [0.25, 0.3) is 10.4 Å². The van der Waals surface area contributed by atoms with Gasteiger partial charge in [0, 0.05) is 15.5 Å². The molecule has 2 heterocycles. The van der Waals surface area contributed by atoms with Crippen LogP contribution >= 0.6 is 57.6 Å². The molecule has 1 N–H and O–H groups in total. The molecule has 11 heteroatoms. The smallest absolute Gasteiger partial charge is 0.350 e. The summed E-state index contributed by atoms with van der Waals surface area (Å²) in [5, 5.41) is 12.5. The van der Waals surface area contributed by atoms with E-state index in [1.165, 1.54) is 34.4 Å². The Labute approximate surface area is 189 Å². The standard InChI is InChI=1S/C18H15Cl2N3O3S3/c1-3-26-17(25)16-13(21-15(24)8-27-18-23-22-9(2)28-18)7-14(29-16)11-5-4-10(19)6-12(11)20/h4-7H,3,8H2,1-2H3,(H,21,24). The van der Waals surface area contributed by atoms with E-state index in [4.69, 9.17) is 27.9 Å². The number of carbonyl (C=O) groups excluding carboxylic acids is 2. The number of hydrogen-bond acceptors (Lipinski definition) is 8. The van der Waals surface area contributed by atoms with Crippen LogP contribution in [0.5, 0.6) is 0 Å². The van der Waals surface area contributed by atoms with Gasteiger partial charge >= 0.3 is 5.97 Å². The second kappa shape index (κ2) is 9.90. The Kier molecular flexibility index (Phi) is 7.53. The van der Waals surface area contributed by atoms with E-state index in [9.17, 15) is 9.59 Å². The lowest BCUT2D eigenvalue weighted by molar-refractivity contribution is -0.113. The molecule has 1 amide bonds. The van der Waals surface area contributed by atoms with Crippen LogP contribution in [0.15, 0.2) is 28.6 Å². The topological polar surface area (TPSA) is 81.2 Å². The van der Waals surface area contributed by atoms with E-state index in [1.54, 1.807) is 31.2 Å². The van der Waals surface area contributed by atoms with Crippen LogP contribution in [-0.2, 0) is 9.53 Å². The molecule has 0 aliphatic rings. The Balaban J connectivity index is 1.82. The highest BCUT2D eigenvalue weighted by molar-refractivity contribution is 8.01. The molecule has 0 saturated heterocycles. The molecule has 3 rings (SSSR count). The summed E-state index contributed by atoms with van der Waals surface area (Å²) in [6.07, 6.45) is 0. The fraction of sp³-hybridized carbons (Fsp3) is 0.222. The van der Waals surface area contributed by atoms with Crippen molar-refractivity contribution < 1.29 is 14.3 Å². The van der Waals surface area contributed by atoms with Gasteiger partial charge in [0.15, 0.2) is 4.34 Å². The molecule has 0 fully saturated rings. The second-order valence-corrected chi connectivity index (χ2v) is 9.92. The van der Waals surface area contributed by atoms with E-state index < -0.39 is 5.97 Å². The minimum Gasteiger partial charge on any atom is -0.462 e. The summed E-state index contributed by atoms with van der Waals surface area (Å²) in [5.74, 6) is -0.624. The third-order valence-electron chi connectivity index (χ3n) is 3.50. The lowest BCUT2D eigenvalue weighted by Gasteiger charge is -2.05. The summed E-state index contributed by atoms with van der Waals surface area (Å²) in [4.78, 5) is 25.8. The third-order valence-corrected chi connectivity index (χ3v) is 7.17. The lowest BCUT2D eigenvalue weighted by Crippen LogP contribution is -2.16. The van der Waals surface area contributed by atoms with Crippen molar-refractivity contribution in [1.29, 1.82) is 0 Å². The van der Waals surface area contributed by atoms with Gasteiger partial charge in [-0.1, -0.05) is 52.4 Å². The van der Waals surface area contributed by atoms with Gasteiger partial charge < -0.3 is 10.1 Å². The Morgan fingerprint density at radius 2 is 2.00 bits per heavy atom. The maximum atomic E-state index is 12.4. The molecule has 0 aliphatic carbocycles. The Bertz CT molecular complexity index is 1050. The molecular formula is C18H15Cl2N3O3S3. The molecule has 0 saturated carbocycles. The number of hydrogen-bond donors (Lipinski definition) is 1. The van der Waals surface area contributed by atoms with Crippen LogP contribution in [0, 0.1) is 6.92 Å². The monoisotopic (exact) mass is 487 g/mol. The largest absolute Gasteiger partial charge is 0.462 e. The molecule has 0 spiro atoms. The summed E-state index contributed by atoms with van der Waals surface area (Å²) in [6, 6.07) is 6.82. The number of nitrogens with zero attached hydrogens (tertiary/aromatic N) is 2. The number of ether oxygens (including phenoxy) is 1. The molecule has 29 heavy (non-hydrogen) atoms. The van der Waals surface area contributed by atoms with Gasteiger partial charge in [0.2, 0.25) is 5.91 Å². The van der Waals surface area contributed by atoms with Crippen LogP contribution in [-0.4, -0.2) is 34.4 Å². The number of aryl methyl sites for hydroxylation is 1. The van der Waals surface area contributed by atoms with Crippen molar-refractivity contribution in [2.45, 2.75) is 18.2 Å². The minimum atomic E-state index is -0.503. The number of rotatable bonds is 7. The SMILES string of the molecule is CCOC(=O)c1sc(-c2ccc(Cl)cc2Cl)cc1NC(=O)CSc1nnc(C)s1. The molecule has 6 nitrogen and oxygen atoms in total. The van der Waals surface area contributed by atoms with Crippen LogP contribution in [0.3, 0.4) is 0 Å². The fourth-order valence-electron chi connectivity index (χ4n) is 2.30. The normalized spacial score (nSPS) is 10.8. The van der Waals surface area contributed by atoms with Crippen LogP contribution in [0.4, 0.5) is 5.69 Å². The van der Waals surface area contributed by atoms with Gasteiger partial charge in [-0.2, -0.15) is 0 Å². The number of thioether (sulfide) groups is 1. The number of aromatic nitrogens is 2. The summed E-state index contributed by atoms with van der Waals surface area (Å²) in [6.45, 7) is 3.80. The summed E-state index contributed by atoms with van der Waals surface area (Å²) < 4.78 is 5.84. The number of halogens is 2. The Morgan fingerprint density at radius 3 is 2.66 bits per heavy atom. The first-order chi connectivity index (χ1) is 13.9. The van der Waals surface area contributed by atoms with Crippen molar-refractivity contribution >= 4 is 75.2 Å². The summed E-state index contributed by atoms with van der Waals surface area (Å²) >= 11 is 16.2. The summed E-state index contributed by atoms with van der Waals surface area (Å²) in [5.41, 5.74) is 1.10. The van der Waals surface area contributed by atoms with Crippen molar-refractivity contribution in [2.24, 2.45) is 0 Å². The van der Waals surface area contributed by atoms with Crippen molar-refractivity contribution in [3.05, 3.63) is 44.2 Å². The third kappa shape index (κ3) is 5.70.